The minimum atomic E-state index is 0.215. The van der Waals surface area contributed by atoms with Crippen LogP contribution in [0.5, 0.6) is 51.7 Å². The lowest BCUT2D eigenvalue weighted by atomic mass is 10.1. The van der Waals surface area contributed by atoms with Crippen molar-refractivity contribution in [3.63, 3.8) is 0 Å². The summed E-state index contributed by atoms with van der Waals surface area (Å²) < 4.78 is 49.2. The Morgan fingerprint density at radius 1 is 0.352 bits per heavy atom. The maximum atomic E-state index is 10.0. The van der Waals surface area contributed by atoms with Crippen molar-refractivity contribution in [2.24, 2.45) is 0 Å². The molecule has 3 aliphatic rings. The fraction of sp³-hybridized carbons (Fsp3) is 0.172. The number of ether oxygens (including phenoxy) is 8. The second-order valence-electron chi connectivity index (χ2n) is 16.8. The molecule has 0 saturated heterocycles. The number of fused-ring (bicyclic) bond motifs is 3. The first kappa shape index (κ1) is 44.6. The van der Waals surface area contributed by atoms with E-state index in [1.54, 1.807) is 46.1 Å². The van der Waals surface area contributed by atoms with Crippen molar-refractivity contribution in [3.05, 3.63) is 146 Å². The highest BCUT2D eigenvalue weighted by atomic mass is 32.1. The fourth-order valence-electron chi connectivity index (χ4n) is 9.08. The summed E-state index contributed by atoms with van der Waals surface area (Å²) in [6.45, 7) is 8.09. The van der Waals surface area contributed by atoms with Gasteiger partial charge in [-0.15, -0.1) is 34.0 Å². The van der Waals surface area contributed by atoms with E-state index in [4.69, 9.17) is 37.9 Å². The van der Waals surface area contributed by atoms with E-state index in [0.29, 0.717) is 52.9 Å². The van der Waals surface area contributed by atoms with Crippen molar-refractivity contribution >= 4 is 51.1 Å². The number of benzene rings is 6. The summed E-state index contributed by atoms with van der Waals surface area (Å²) in [5, 5.41) is 10.0. The molecule has 0 fully saturated rings. The molecule has 0 amide bonds. The number of phenols is 1. The SMILES string of the molecule is CCOc1ccc(-c2sc(-c3ccc(N(c4ccc(-c5sc(-c6ccc(O)cc6)c6c5OCCO6)cc4)c4ccc(-c5sc(-c6ccc(OCC)cc6)c6c5OCCO6)cc4)cc3)c3c2OCCO3)cc1. The van der Waals surface area contributed by atoms with E-state index in [2.05, 4.69) is 102 Å². The van der Waals surface area contributed by atoms with Gasteiger partial charge in [-0.2, -0.15) is 0 Å². The van der Waals surface area contributed by atoms with Gasteiger partial charge in [0.15, 0.2) is 34.5 Å². The molecular formula is C58H47NO9S3. The zero-order valence-corrected chi connectivity index (χ0v) is 41.3. The number of nitrogens with zero attached hydrogens (tertiary/aromatic N) is 1. The minimum absolute atomic E-state index is 0.215. The van der Waals surface area contributed by atoms with Gasteiger partial charge >= 0.3 is 0 Å². The van der Waals surface area contributed by atoms with Gasteiger partial charge in [0.1, 0.15) is 56.9 Å². The summed E-state index contributed by atoms with van der Waals surface area (Å²) in [5.74, 6) is 6.47. The van der Waals surface area contributed by atoms with Gasteiger partial charge < -0.3 is 47.9 Å². The van der Waals surface area contributed by atoms with Crippen LogP contribution in [0.25, 0.3) is 62.6 Å². The van der Waals surface area contributed by atoms with Crippen LogP contribution in [-0.2, 0) is 0 Å². The molecule has 13 heteroatoms. The van der Waals surface area contributed by atoms with Gasteiger partial charge in [0.25, 0.3) is 0 Å². The Morgan fingerprint density at radius 3 is 0.817 bits per heavy atom. The second-order valence-corrected chi connectivity index (χ2v) is 19.8. The van der Waals surface area contributed by atoms with Crippen molar-refractivity contribution in [1.29, 1.82) is 0 Å². The van der Waals surface area contributed by atoms with Crippen molar-refractivity contribution in [2.75, 3.05) is 57.8 Å². The maximum absolute atomic E-state index is 10.0. The third-order valence-corrected chi connectivity index (χ3v) is 16.1. The molecule has 0 saturated carbocycles. The quantitative estimate of drug-likeness (QED) is 0.120. The molecular weight excluding hydrogens is 951 g/mol. The lowest BCUT2D eigenvalue weighted by molar-refractivity contribution is 0.175. The number of rotatable bonds is 13. The van der Waals surface area contributed by atoms with Crippen LogP contribution in [0.4, 0.5) is 17.1 Å². The third kappa shape index (κ3) is 8.53. The van der Waals surface area contributed by atoms with Gasteiger partial charge in [0.2, 0.25) is 0 Å². The molecule has 6 aromatic carbocycles. The van der Waals surface area contributed by atoms with Crippen LogP contribution in [0, 0.1) is 0 Å². The van der Waals surface area contributed by atoms with E-state index in [1.165, 1.54) is 0 Å². The maximum Gasteiger partial charge on any atom is 0.180 e. The van der Waals surface area contributed by atoms with Crippen LogP contribution in [0.1, 0.15) is 13.8 Å². The highest BCUT2D eigenvalue weighted by Crippen LogP contribution is 2.57. The first-order valence-electron chi connectivity index (χ1n) is 23.7. The van der Waals surface area contributed by atoms with Gasteiger partial charge in [-0.05, 0) is 156 Å². The Morgan fingerprint density at radius 2 is 0.577 bits per heavy atom. The third-order valence-electron chi connectivity index (χ3n) is 12.3. The monoisotopic (exact) mass is 997 g/mol. The van der Waals surface area contributed by atoms with E-state index < -0.39 is 0 Å². The van der Waals surface area contributed by atoms with Crippen LogP contribution in [0.2, 0.25) is 0 Å². The molecule has 0 radical (unpaired) electrons. The standard InChI is InChI=1S/C58H47NO9S3/c1-3-61-45-25-13-39(14-26-45)57-51-48(64-30-33-67-51)54(70-57)36-7-19-42(20-8-36)59(41-17-5-35(6-18-41)53-47-50(66-32-29-63-47)56(69-53)38-11-23-44(60)24-12-38)43-21-9-37(10-22-43)55-49-52(68-34-31-65-49)58(71-55)40-15-27-46(28-16-40)62-4-2/h5-28,60H,3-4,29-34H2,1-2H3. The van der Waals surface area contributed by atoms with E-state index in [1.807, 2.05) is 50.2 Å². The lowest BCUT2D eigenvalue weighted by Crippen LogP contribution is -2.15. The average molecular weight is 998 g/mol. The van der Waals surface area contributed by atoms with Gasteiger partial charge in [0, 0.05) is 17.1 Å². The van der Waals surface area contributed by atoms with Gasteiger partial charge in [-0.25, -0.2) is 0 Å². The first-order valence-corrected chi connectivity index (χ1v) is 26.1. The molecule has 3 aromatic heterocycles. The van der Waals surface area contributed by atoms with Crippen molar-refractivity contribution in [2.45, 2.75) is 13.8 Å². The van der Waals surface area contributed by atoms with Gasteiger partial charge in [-0.1, -0.05) is 36.4 Å². The molecule has 356 valence electrons. The Kier molecular flexibility index (Phi) is 12.1. The van der Waals surface area contributed by atoms with Crippen molar-refractivity contribution in [1.82, 2.24) is 0 Å². The molecule has 1 N–H and O–H groups in total. The Bertz CT molecular complexity index is 3170. The molecule has 0 aliphatic carbocycles. The number of anilines is 3. The van der Waals surface area contributed by atoms with Crippen LogP contribution < -0.4 is 42.8 Å². The number of thiophene rings is 3. The van der Waals surface area contributed by atoms with Gasteiger partial charge in [0.05, 0.1) is 42.5 Å². The van der Waals surface area contributed by atoms with E-state index in [0.717, 1.165) is 126 Å². The molecule has 0 spiro atoms. The number of aromatic hydroxyl groups is 1. The summed E-state index contributed by atoms with van der Waals surface area (Å²) >= 11 is 4.97. The molecule has 12 rings (SSSR count). The summed E-state index contributed by atoms with van der Waals surface area (Å²) in [5.41, 5.74) is 9.07. The largest absolute Gasteiger partial charge is 0.508 e. The highest BCUT2D eigenvalue weighted by molar-refractivity contribution is 7.20. The molecule has 71 heavy (non-hydrogen) atoms. The molecule has 0 atom stereocenters. The summed E-state index contributed by atoms with van der Waals surface area (Å²) in [6.07, 6.45) is 0. The van der Waals surface area contributed by atoms with Crippen molar-refractivity contribution < 1.29 is 43.0 Å². The normalized spacial score (nSPS) is 13.4. The second kappa shape index (κ2) is 19.3. The first-order chi connectivity index (χ1) is 35.0. The molecule has 3 aliphatic heterocycles. The predicted octanol–water partition coefficient (Wildman–Crippen LogP) is 15.2. The van der Waals surface area contributed by atoms with Crippen LogP contribution in [-0.4, -0.2) is 58.0 Å². The fourth-order valence-corrected chi connectivity index (χ4v) is 12.7. The molecule has 6 heterocycles. The molecule has 0 unspecified atom stereocenters. The number of hydrogen-bond donors (Lipinski definition) is 1. The van der Waals surface area contributed by atoms with E-state index >= 15 is 0 Å². The van der Waals surface area contributed by atoms with E-state index in [9.17, 15) is 5.11 Å². The average Bonchev–Trinajstić information content (AvgIpc) is 4.13. The van der Waals surface area contributed by atoms with Gasteiger partial charge in [-0.3, -0.25) is 0 Å². The lowest BCUT2D eigenvalue weighted by Gasteiger charge is -2.26. The Balaban J connectivity index is 0.915. The van der Waals surface area contributed by atoms with Crippen LogP contribution in [0.3, 0.4) is 0 Å². The van der Waals surface area contributed by atoms with Crippen LogP contribution in [0.15, 0.2) is 146 Å². The number of hydrogen-bond acceptors (Lipinski definition) is 13. The minimum Gasteiger partial charge on any atom is -0.508 e. The Hall–Kier alpha value is -7.58. The highest BCUT2D eigenvalue weighted by Gasteiger charge is 2.30. The number of phenolic OH excluding ortho intramolecular Hbond substituents is 1. The summed E-state index contributed by atoms with van der Waals surface area (Å²) in [4.78, 5) is 8.31. The Labute approximate surface area is 423 Å². The zero-order valence-electron chi connectivity index (χ0n) is 38.9. The van der Waals surface area contributed by atoms with Crippen molar-refractivity contribution in [3.8, 4) is 114 Å². The summed E-state index contributed by atoms with van der Waals surface area (Å²) in [6, 6.07) is 49.4. The predicted molar refractivity (Wildman–Crippen MR) is 284 cm³/mol. The van der Waals surface area contributed by atoms with E-state index in [-0.39, 0.29) is 5.75 Å². The topological polar surface area (TPSA) is 97.3 Å². The summed E-state index contributed by atoms with van der Waals surface area (Å²) in [7, 11) is 0. The smallest absolute Gasteiger partial charge is 0.180 e. The van der Waals surface area contributed by atoms with Crippen LogP contribution >= 0.6 is 34.0 Å². The zero-order chi connectivity index (χ0) is 47.8. The molecule has 10 nitrogen and oxygen atoms in total. The molecule has 9 aromatic rings. The molecule has 0 bridgehead atoms.